The van der Waals surface area contributed by atoms with E-state index in [0.29, 0.717) is 11.5 Å². The molecule has 0 amide bonds. The Bertz CT molecular complexity index is 319. The zero-order chi connectivity index (χ0) is 11.3. The van der Waals surface area contributed by atoms with Crippen LogP contribution in [0.4, 0.5) is 0 Å². The predicted octanol–water partition coefficient (Wildman–Crippen LogP) is 1.98. The van der Waals surface area contributed by atoms with Crippen LogP contribution in [-0.2, 0) is 16.6 Å². The minimum atomic E-state index is -0.778. The van der Waals surface area contributed by atoms with Crippen molar-refractivity contribution in [2.75, 3.05) is 5.75 Å². The van der Waals surface area contributed by atoms with E-state index in [1.807, 2.05) is 19.1 Å². The Balaban J connectivity index is 2.41. The standard InChI is InChI=1S/C12H19NOS/c1-10-3-5-12(6-4-10)9-15(14)8-7-11(2)13/h3-6,11H,7-9,13H2,1-2H3. The molecule has 0 saturated carbocycles. The van der Waals surface area contributed by atoms with Crippen LogP contribution in [0.3, 0.4) is 0 Å². The van der Waals surface area contributed by atoms with Gasteiger partial charge in [0.15, 0.2) is 0 Å². The average molecular weight is 225 g/mol. The normalized spacial score (nSPS) is 14.9. The molecule has 2 N–H and O–H groups in total. The maximum atomic E-state index is 11.7. The molecule has 0 heterocycles. The van der Waals surface area contributed by atoms with Crippen molar-refractivity contribution < 1.29 is 4.21 Å². The van der Waals surface area contributed by atoms with E-state index in [2.05, 4.69) is 19.1 Å². The minimum absolute atomic E-state index is 0.145. The first-order valence-corrected chi connectivity index (χ1v) is 6.73. The first-order valence-electron chi connectivity index (χ1n) is 5.24. The molecule has 2 unspecified atom stereocenters. The molecule has 0 aromatic heterocycles. The number of hydrogen-bond acceptors (Lipinski definition) is 2. The Hall–Kier alpha value is -0.670. The van der Waals surface area contributed by atoms with Crippen LogP contribution < -0.4 is 5.73 Å². The van der Waals surface area contributed by atoms with Gasteiger partial charge in [-0.05, 0) is 25.8 Å². The van der Waals surface area contributed by atoms with E-state index in [0.717, 1.165) is 12.0 Å². The zero-order valence-corrected chi connectivity index (χ0v) is 10.2. The maximum Gasteiger partial charge on any atom is 0.0485 e. The lowest BCUT2D eigenvalue weighted by molar-refractivity contribution is 0.667. The molecule has 0 aliphatic carbocycles. The third kappa shape index (κ3) is 5.09. The molecule has 0 saturated heterocycles. The second-order valence-electron chi connectivity index (χ2n) is 4.04. The number of nitrogens with two attached hydrogens (primary N) is 1. The highest BCUT2D eigenvalue weighted by molar-refractivity contribution is 7.84. The summed E-state index contributed by atoms with van der Waals surface area (Å²) in [4.78, 5) is 0. The molecule has 1 aromatic rings. The number of benzene rings is 1. The Morgan fingerprint density at radius 1 is 1.33 bits per heavy atom. The highest BCUT2D eigenvalue weighted by Gasteiger charge is 2.03. The van der Waals surface area contributed by atoms with Crippen molar-refractivity contribution in [2.24, 2.45) is 5.73 Å². The van der Waals surface area contributed by atoms with Crippen molar-refractivity contribution in [3.8, 4) is 0 Å². The number of rotatable bonds is 5. The van der Waals surface area contributed by atoms with Crippen LogP contribution >= 0.6 is 0 Å². The molecule has 84 valence electrons. The van der Waals surface area contributed by atoms with Crippen molar-refractivity contribution in [3.63, 3.8) is 0 Å². The summed E-state index contributed by atoms with van der Waals surface area (Å²) in [5.74, 6) is 1.35. The fourth-order valence-electron chi connectivity index (χ4n) is 1.26. The fourth-order valence-corrected chi connectivity index (χ4v) is 2.60. The topological polar surface area (TPSA) is 43.1 Å². The first kappa shape index (κ1) is 12.4. The molecule has 1 aromatic carbocycles. The predicted molar refractivity (Wildman–Crippen MR) is 66.2 cm³/mol. The summed E-state index contributed by atoms with van der Waals surface area (Å²) in [6.45, 7) is 4.00. The molecule has 2 atom stereocenters. The van der Waals surface area contributed by atoms with Crippen molar-refractivity contribution in [1.82, 2.24) is 0 Å². The third-order valence-electron chi connectivity index (χ3n) is 2.25. The van der Waals surface area contributed by atoms with Gasteiger partial charge in [0.2, 0.25) is 0 Å². The first-order chi connectivity index (χ1) is 7.08. The Labute approximate surface area is 94.3 Å². The number of aryl methyl sites for hydroxylation is 1. The summed E-state index contributed by atoms with van der Waals surface area (Å²) in [5, 5.41) is 0. The molecule has 2 nitrogen and oxygen atoms in total. The van der Waals surface area contributed by atoms with E-state index >= 15 is 0 Å². The summed E-state index contributed by atoms with van der Waals surface area (Å²) < 4.78 is 11.7. The third-order valence-corrected chi connectivity index (χ3v) is 3.60. The van der Waals surface area contributed by atoms with Crippen LogP contribution in [0.2, 0.25) is 0 Å². The van der Waals surface area contributed by atoms with E-state index in [4.69, 9.17) is 5.73 Å². The maximum absolute atomic E-state index is 11.7. The average Bonchev–Trinajstić information content (AvgIpc) is 2.19. The lowest BCUT2D eigenvalue weighted by Crippen LogP contribution is -2.18. The largest absolute Gasteiger partial charge is 0.328 e. The van der Waals surface area contributed by atoms with Crippen LogP contribution in [0.25, 0.3) is 0 Å². The molecule has 3 heteroatoms. The molecular weight excluding hydrogens is 206 g/mol. The SMILES string of the molecule is Cc1ccc(CS(=O)CCC(C)N)cc1. The summed E-state index contributed by atoms with van der Waals surface area (Å²) >= 11 is 0. The summed E-state index contributed by atoms with van der Waals surface area (Å²) in [7, 11) is -0.778. The van der Waals surface area contributed by atoms with Gasteiger partial charge in [-0.2, -0.15) is 0 Å². The lowest BCUT2D eigenvalue weighted by atomic mass is 10.2. The number of hydrogen-bond donors (Lipinski definition) is 1. The van der Waals surface area contributed by atoms with Crippen LogP contribution in [0.15, 0.2) is 24.3 Å². The van der Waals surface area contributed by atoms with Crippen LogP contribution in [-0.4, -0.2) is 16.0 Å². The van der Waals surface area contributed by atoms with Crippen LogP contribution in [0.1, 0.15) is 24.5 Å². The molecule has 0 aliphatic rings. The molecule has 0 bridgehead atoms. The van der Waals surface area contributed by atoms with E-state index in [9.17, 15) is 4.21 Å². The Morgan fingerprint density at radius 3 is 2.47 bits per heavy atom. The van der Waals surface area contributed by atoms with Crippen LogP contribution in [0.5, 0.6) is 0 Å². The smallest absolute Gasteiger partial charge is 0.0485 e. The van der Waals surface area contributed by atoms with Gasteiger partial charge in [-0.3, -0.25) is 4.21 Å². The van der Waals surface area contributed by atoms with E-state index in [-0.39, 0.29) is 6.04 Å². The molecule has 0 spiro atoms. The van der Waals surface area contributed by atoms with Crippen LogP contribution in [0, 0.1) is 6.92 Å². The molecule has 15 heavy (non-hydrogen) atoms. The summed E-state index contributed by atoms with van der Waals surface area (Å²) in [5.41, 5.74) is 8.00. The van der Waals surface area contributed by atoms with Gasteiger partial charge >= 0.3 is 0 Å². The monoisotopic (exact) mass is 225 g/mol. The summed E-state index contributed by atoms with van der Waals surface area (Å²) in [6.07, 6.45) is 0.832. The molecular formula is C12H19NOS. The molecule has 0 aliphatic heterocycles. The zero-order valence-electron chi connectivity index (χ0n) is 9.40. The highest BCUT2D eigenvalue weighted by atomic mass is 32.2. The highest BCUT2D eigenvalue weighted by Crippen LogP contribution is 2.06. The molecule has 0 fully saturated rings. The van der Waals surface area contributed by atoms with Gasteiger partial charge in [0.05, 0.1) is 0 Å². The molecule has 0 radical (unpaired) electrons. The molecule has 1 rings (SSSR count). The van der Waals surface area contributed by atoms with Gasteiger partial charge in [0.25, 0.3) is 0 Å². The van der Waals surface area contributed by atoms with Gasteiger partial charge in [-0.15, -0.1) is 0 Å². The second kappa shape index (κ2) is 6.03. The van der Waals surface area contributed by atoms with Gasteiger partial charge in [-0.1, -0.05) is 29.8 Å². The lowest BCUT2D eigenvalue weighted by Gasteiger charge is -2.05. The van der Waals surface area contributed by atoms with E-state index in [1.54, 1.807) is 0 Å². The van der Waals surface area contributed by atoms with Crippen molar-refractivity contribution in [1.29, 1.82) is 0 Å². The van der Waals surface area contributed by atoms with E-state index < -0.39 is 10.8 Å². The Kier molecular flexibility index (Phi) is 4.99. The fraction of sp³-hybridized carbons (Fsp3) is 0.500. The van der Waals surface area contributed by atoms with Crippen molar-refractivity contribution >= 4 is 10.8 Å². The van der Waals surface area contributed by atoms with E-state index in [1.165, 1.54) is 5.56 Å². The second-order valence-corrected chi connectivity index (χ2v) is 5.62. The van der Waals surface area contributed by atoms with Gasteiger partial charge in [0.1, 0.15) is 0 Å². The van der Waals surface area contributed by atoms with Crippen molar-refractivity contribution in [3.05, 3.63) is 35.4 Å². The summed E-state index contributed by atoms with van der Waals surface area (Å²) in [6, 6.07) is 8.33. The van der Waals surface area contributed by atoms with Crippen molar-refractivity contribution in [2.45, 2.75) is 32.1 Å². The van der Waals surface area contributed by atoms with Gasteiger partial charge in [-0.25, -0.2) is 0 Å². The minimum Gasteiger partial charge on any atom is -0.328 e. The van der Waals surface area contributed by atoms with Gasteiger partial charge < -0.3 is 5.73 Å². The quantitative estimate of drug-likeness (QED) is 0.832. The Morgan fingerprint density at radius 2 is 1.93 bits per heavy atom. The van der Waals surface area contributed by atoms with Gasteiger partial charge in [0, 0.05) is 28.3 Å².